The van der Waals surface area contributed by atoms with Gasteiger partial charge in [-0.25, -0.2) is 0 Å². The van der Waals surface area contributed by atoms with Crippen molar-refractivity contribution in [3.8, 4) is 5.75 Å². The second-order valence-electron chi connectivity index (χ2n) is 6.08. The highest BCUT2D eigenvalue weighted by Gasteiger charge is 2.23. The van der Waals surface area contributed by atoms with Gasteiger partial charge in [0, 0.05) is 20.1 Å². The molecular formula is C17H28N2O2. The van der Waals surface area contributed by atoms with Gasteiger partial charge in [-0.3, -0.25) is 10.1 Å². The lowest BCUT2D eigenvalue weighted by Gasteiger charge is -2.26. The third-order valence-corrected chi connectivity index (χ3v) is 3.51. The number of benzene rings is 1. The third-order valence-electron chi connectivity index (χ3n) is 3.51. The standard InChI is InChI=1S/C17H28N2O2/c1-12(2)11-16(17(20)19(4)5)18-13(3)14-7-9-15(21-6)10-8-14/h7-10,12-13,16,18H,11H2,1-6H3. The van der Waals surface area contributed by atoms with Crippen LogP contribution in [0.1, 0.15) is 38.8 Å². The minimum Gasteiger partial charge on any atom is -0.497 e. The Morgan fingerprint density at radius 3 is 2.19 bits per heavy atom. The van der Waals surface area contributed by atoms with Gasteiger partial charge in [-0.2, -0.15) is 0 Å². The highest BCUT2D eigenvalue weighted by molar-refractivity contribution is 5.81. The first-order valence-electron chi connectivity index (χ1n) is 7.46. The van der Waals surface area contributed by atoms with Gasteiger partial charge in [0.2, 0.25) is 5.91 Å². The zero-order valence-electron chi connectivity index (χ0n) is 14.0. The van der Waals surface area contributed by atoms with E-state index in [0.717, 1.165) is 17.7 Å². The molecule has 0 aliphatic rings. The van der Waals surface area contributed by atoms with Gasteiger partial charge in [-0.05, 0) is 37.0 Å². The van der Waals surface area contributed by atoms with Crippen molar-refractivity contribution in [2.45, 2.75) is 39.3 Å². The van der Waals surface area contributed by atoms with Crippen LogP contribution >= 0.6 is 0 Å². The molecule has 0 saturated carbocycles. The fourth-order valence-electron chi connectivity index (χ4n) is 2.31. The summed E-state index contributed by atoms with van der Waals surface area (Å²) in [6, 6.07) is 7.91. The van der Waals surface area contributed by atoms with Gasteiger partial charge in [-0.1, -0.05) is 26.0 Å². The van der Waals surface area contributed by atoms with Gasteiger partial charge in [0.1, 0.15) is 5.75 Å². The molecule has 0 radical (unpaired) electrons. The lowest BCUT2D eigenvalue weighted by Crippen LogP contribution is -2.45. The molecular weight excluding hydrogens is 264 g/mol. The maximum atomic E-state index is 12.3. The molecule has 0 heterocycles. The fourth-order valence-corrected chi connectivity index (χ4v) is 2.31. The Bertz CT molecular complexity index is 441. The van der Waals surface area contributed by atoms with E-state index in [1.165, 1.54) is 0 Å². The summed E-state index contributed by atoms with van der Waals surface area (Å²) < 4.78 is 5.17. The van der Waals surface area contributed by atoms with Crippen LogP contribution in [0.4, 0.5) is 0 Å². The van der Waals surface area contributed by atoms with Crippen LogP contribution in [0, 0.1) is 5.92 Å². The van der Waals surface area contributed by atoms with Crippen molar-refractivity contribution in [1.29, 1.82) is 0 Å². The predicted octanol–water partition coefficient (Wildman–Crippen LogP) is 2.85. The van der Waals surface area contributed by atoms with Crippen LogP contribution in [-0.2, 0) is 4.79 Å². The SMILES string of the molecule is COc1ccc(C(C)NC(CC(C)C)C(=O)N(C)C)cc1. The number of methoxy groups -OCH3 is 1. The molecule has 0 bridgehead atoms. The fraction of sp³-hybridized carbons (Fsp3) is 0.588. The van der Waals surface area contributed by atoms with Crippen LogP contribution in [0.25, 0.3) is 0 Å². The second kappa shape index (κ2) is 8.03. The number of amides is 1. The van der Waals surface area contributed by atoms with Crippen LogP contribution in [-0.4, -0.2) is 38.1 Å². The lowest BCUT2D eigenvalue weighted by atomic mass is 10.00. The number of carbonyl (C=O) groups excluding carboxylic acids is 1. The summed E-state index contributed by atoms with van der Waals surface area (Å²) in [5.41, 5.74) is 1.15. The van der Waals surface area contributed by atoms with E-state index in [1.807, 2.05) is 24.3 Å². The van der Waals surface area contributed by atoms with E-state index in [9.17, 15) is 4.79 Å². The van der Waals surface area contributed by atoms with Gasteiger partial charge < -0.3 is 9.64 Å². The number of rotatable bonds is 7. The largest absolute Gasteiger partial charge is 0.497 e. The molecule has 0 aliphatic heterocycles. The smallest absolute Gasteiger partial charge is 0.239 e. The highest BCUT2D eigenvalue weighted by atomic mass is 16.5. The van der Waals surface area contributed by atoms with E-state index in [-0.39, 0.29) is 18.0 Å². The summed E-state index contributed by atoms with van der Waals surface area (Å²) in [7, 11) is 5.26. The minimum absolute atomic E-state index is 0.114. The molecule has 4 heteroatoms. The highest BCUT2D eigenvalue weighted by Crippen LogP contribution is 2.19. The number of hydrogen-bond acceptors (Lipinski definition) is 3. The van der Waals surface area contributed by atoms with E-state index in [2.05, 4.69) is 26.1 Å². The molecule has 1 amide bonds. The molecule has 118 valence electrons. The van der Waals surface area contributed by atoms with Crippen molar-refractivity contribution < 1.29 is 9.53 Å². The Morgan fingerprint density at radius 2 is 1.76 bits per heavy atom. The lowest BCUT2D eigenvalue weighted by molar-refractivity contribution is -0.131. The molecule has 2 unspecified atom stereocenters. The Morgan fingerprint density at radius 1 is 1.19 bits per heavy atom. The number of nitrogens with zero attached hydrogens (tertiary/aromatic N) is 1. The van der Waals surface area contributed by atoms with Crippen molar-refractivity contribution in [3.05, 3.63) is 29.8 Å². The Hall–Kier alpha value is -1.55. The number of likely N-dealkylation sites (N-methyl/N-ethyl adjacent to an activating group) is 1. The van der Waals surface area contributed by atoms with Gasteiger partial charge in [0.05, 0.1) is 13.2 Å². The number of ether oxygens (including phenoxy) is 1. The molecule has 0 fully saturated rings. The molecule has 0 spiro atoms. The molecule has 1 aromatic rings. The van der Waals surface area contributed by atoms with Gasteiger partial charge in [0.25, 0.3) is 0 Å². The maximum absolute atomic E-state index is 12.3. The predicted molar refractivity (Wildman–Crippen MR) is 86.5 cm³/mol. The zero-order valence-corrected chi connectivity index (χ0v) is 14.0. The molecule has 2 atom stereocenters. The van der Waals surface area contributed by atoms with Crippen molar-refractivity contribution in [2.24, 2.45) is 5.92 Å². The number of hydrogen-bond donors (Lipinski definition) is 1. The van der Waals surface area contributed by atoms with E-state index < -0.39 is 0 Å². The van der Waals surface area contributed by atoms with Crippen LogP contribution in [0.3, 0.4) is 0 Å². The van der Waals surface area contributed by atoms with Crippen LogP contribution < -0.4 is 10.1 Å². The van der Waals surface area contributed by atoms with Crippen LogP contribution in [0.2, 0.25) is 0 Å². The van der Waals surface area contributed by atoms with Crippen molar-refractivity contribution in [2.75, 3.05) is 21.2 Å². The van der Waals surface area contributed by atoms with Gasteiger partial charge in [0.15, 0.2) is 0 Å². The van der Waals surface area contributed by atoms with Crippen molar-refractivity contribution in [1.82, 2.24) is 10.2 Å². The first-order valence-corrected chi connectivity index (χ1v) is 7.46. The Kier molecular flexibility index (Phi) is 6.69. The van der Waals surface area contributed by atoms with Crippen molar-refractivity contribution in [3.63, 3.8) is 0 Å². The summed E-state index contributed by atoms with van der Waals surface area (Å²) in [5, 5.41) is 3.45. The van der Waals surface area contributed by atoms with E-state index >= 15 is 0 Å². The van der Waals surface area contributed by atoms with E-state index in [1.54, 1.807) is 26.1 Å². The third kappa shape index (κ3) is 5.38. The summed E-state index contributed by atoms with van der Waals surface area (Å²) in [6.45, 7) is 6.35. The van der Waals surface area contributed by atoms with Gasteiger partial charge in [-0.15, -0.1) is 0 Å². The topological polar surface area (TPSA) is 41.6 Å². The van der Waals surface area contributed by atoms with Crippen molar-refractivity contribution >= 4 is 5.91 Å². The summed E-state index contributed by atoms with van der Waals surface area (Å²) in [5.74, 6) is 1.44. The van der Waals surface area contributed by atoms with Gasteiger partial charge >= 0.3 is 0 Å². The van der Waals surface area contributed by atoms with Crippen LogP contribution in [0.5, 0.6) is 5.75 Å². The first-order chi connectivity index (χ1) is 9.85. The average molecular weight is 292 g/mol. The zero-order chi connectivity index (χ0) is 16.0. The Labute approximate surface area is 128 Å². The number of nitrogens with one attached hydrogen (secondary N) is 1. The second-order valence-corrected chi connectivity index (χ2v) is 6.08. The molecule has 0 saturated heterocycles. The summed E-state index contributed by atoms with van der Waals surface area (Å²) >= 11 is 0. The molecule has 4 nitrogen and oxygen atoms in total. The Balaban J connectivity index is 2.78. The number of carbonyl (C=O) groups is 1. The van der Waals surface area contributed by atoms with E-state index in [0.29, 0.717) is 5.92 Å². The monoisotopic (exact) mass is 292 g/mol. The summed E-state index contributed by atoms with van der Waals surface area (Å²) in [4.78, 5) is 13.9. The molecule has 0 aromatic heterocycles. The minimum atomic E-state index is -0.155. The normalized spacial score (nSPS) is 13.9. The molecule has 1 aromatic carbocycles. The first kappa shape index (κ1) is 17.5. The summed E-state index contributed by atoms with van der Waals surface area (Å²) in [6.07, 6.45) is 0.831. The molecule has 0 aliphatic carbocycles. The van der Waals surface area contributed by atoms with Crippen LogP contribution in [0.15, 0.2) is 24.3 Å². The maximum Gasteiger partial charge on any atom is 0.239 e. The molecule has 21 heavy (non-hydrogen) atoms. The average Bonchev–Trinajstić information content (AvgIpc) is 2.45. The van der Waals surface area contributed by atoms with E-state index in [4.69, 9.17) is 4.74 Å². The molecule has 1 N–H and O–H groups in total. The quantitative estimate of drug-likeness (QED) is 0.840. The molecule has 1 rings (SSSR count).